The smallest absolute Gasteiger partial charge is 0.244 e. The number of methoxy groups -OCH3 is 1. The Morgan fingerprint density at radius 2 is 2.32 bits per heavy atom. The number of thiophene rings is 1. The van der Waals surface area contributed by atoms with Gasteiger partial charge in [0.25, 0.3) is 0 Å². The number of halogens is 1. The lowest BCUT2D eigenvalue weighted by Crippen LogP contribution is -2.37. The largest absolute Gasteiger partial charge is 0.495 e. The number of hydrogen-bond acceptors (Lipinski definition) is 4. The summed E-state index contributed by atoms with van der Waals surface area (Å²) in [6.07, 6.45) is 0.903. The minimum atomic E-state index is -0.0330. The van der Waals surface area contributed by atoms with Crippen LogP contribution in [0, 0.1) is 0 Å². The molecule has 3 rings (SSSR count). The molecule has 2 aromatic rings. The second-order valence-corrected chi connectivity index (χ2v) is 7.02. The molecular formula is C17H19ClN4O2S. The van der Waals surface area contributed by atoms with Crippen LogP contribution in [-0.2, 0) is 17.8 Å². The highest BCUT2D eigenvalue weighted by Gasteiger charge is 2.21. The van der Waals surface area contributed by atoms with E-state index in [-0.39, 0.29) is 18.4 Å². The highest BCUT2D eigenvalue weighted by atomic mass is 35.5. The number of anilines is 1. The van der Waals surface area contributed by atoms with Gasteiger partial charge >= 0.3 is 0 Å². The quantitative estimate of drug-likeness (QED) is 0.633. The fourth-order valence-electron chi connectivity index (χ4n) is 2.65. The number of nitrogens with zero attached hydrogens (tertiary/aromatic N) is 2. The molecule has 3 N–H and O–H groups in total. The lowest BCUT2D eigenvalue weighted by molar-refractivity contribution is -0.130. The lowest BCUT2D eigenvalue weighted by atomic mass is 10.1. The van der Waals surface area contributed by atoms with Crippen LogP contribution in [0.1, 0.15) is 10.4 Å². The Hall–Kier alpha value is -2.25. The Morgan fingerprint density at radius 1 is 1.48 bits per heavy atom. The van der Waals surface area contributed by atoms with Crippen molar-refractivity contribution in [1.29, 1.82) is 0 Å². The van der Waals surface area contributed by atoms with Crippen molar-refractivity contribution in [3.63, 3.8) is 0 Å². The average Bonchev–Trinajstić information content (AvgIpc) is 3.07. The monoisotopic (exact) mass is 378 g/mol. The van der Waals surface area contributed by atoms with Crippen molar-refractivity contribution in [3.8, 4) is 5.75 Å². The fraction of sp³-hybridized carbons (Fsp3) is 0.294. The fourth-order valence-corrected chi connectivity index (χ4v) is 3.79. The molecule has 2 heterocycles. The van der Waals surface area contributed by atoms with Crippen molar-refractivity contribution in [1.82, 2.24) is 4.90 Å². The number of hydrogen-bond donors (Lipinski definition) is 2. The molecule has 0 radical (unpaired) electrons. The number of amides is 1. The van der Waals surface area contributed by atoms with Crippen LogP contribution in [0.4, 0.5) is 5.69 Å². The molecule has 0 unspecified atom stereocenters. The number of rotatable bonds is 4. The zero-order valence-electron chi connectivity index (χ0n) is 13.8. The van der Waals surface area contributed by atoms with Crippen molar-refractivity contribution in [2.45, 2.75) is 13.0 Å². The zero-order valence-corrected chi connectivity index (χ0v) is 15.4. The standard InChI is InChI=1S/C17H19ClN4O2S/c1-24-14-3-2-12(8-13(14)18)21-17(19)20-9-16(23)22-6-4-15-11(10-22)5-7-25-15/h2-3,5,7-8H,4,6,9-10H2,1H3,(H3,19,20,21). The van der Waals surface area contributed by atoms with E-state index < -0.39 is 0 Å². The third kappa shape index (κ3) is 4.24. The first-order valence-electron chi connectivity index (χ1n) is 7.80. The lowest BCUT2D eigenvalue weighted by Gasteiger charge is -2.26. The molecule has 0 atom stereocenters. The van der Waals surface area contributed by atoms with Crippen LogP contribution in [0.15, 0.2) is 34.6 Å². The van der Waals surface area contributed by atoms with Crippen LogP contribution < -0.4 is 15.8 Å². The molecule has 1 aliphatic rings. The maximum atomic E-state index is 12.3. The molecule has 1 aromatic heterocycles. The molecule has 1 aliphatic heterocycles. The summed E-state index contributed by atoms with van der Waals surface area (Å²) in [5.41, 5.74) is 7.77. The number of nitrogens with two attached hydrogens (primary N) is 1. The first kappa shape index (κ1) is 17.6. The van der Waals surface area contributed by atoms with E-state index in [1.54, 1.807) is 36.6 Å². The molecule has 0 fully saturated rings. The molecule has 8 heteroatoms. The van der Waals surface area contributed by atoms with Gasteiger partial charge in [-0.1, -0.05) is 11.6 Å². The third-order valence-corrected chi connectivity index (χ3v) is 5.29. The van der Waals surface area contributed by atoms with E-state index >= 15 is 0 Å². The Labute approximate surface area is 155 Å². The maximum absolute atomic E-state index is 12.3. The Balaban J connectivity index is 1.56. The van der Waals surface area contributed by atoms with Gasteiger partial charge in [0.05, 0.1) is 12.1 Å². The first-order valence-corrected chi connectivity index (χ1v) is 9.06. The van der Waals surface area contributed by atoms with E-state index in [0.29, 0.717) is 23.0 Å². The average molecular weight is 379 g/mol. The van der Waals surface area contributed by atoms with E-state index in [1.165, 1.54) is 10.4 Å². The summed E-state index contributed by atoms with van der Waals surface area (Å²) in [5, 5.41) is 5.46. The number of carbonyl (C=O) groups excluding carboxylic acids is 1. The molecule has 0 saturated carbocycles. The zero-order chi connectivity index (χ0) is 17.8. The van der Waals surface area contributed by atoms with Crippen molar-refractivity contribution in [2.24, 2.45) is 10.7 Å². The number of guanidine groups is 1. The first-order chi connectivity index (χ1) is 12.1. The van der Waals surface area contributed by atoms with E-state index in [2.05, 4.69) is 21.8 Å². The highest BCUT2D eigenvalue weighted by molar-refractivity contribution is 7.10. The van der Waals surface area contributed by atoms with Gasteiger partial charge < -0.3 is 20.7 Å². The highest BCUT2D eigenvalue weighted by Crippen LogP contribution is 2.27. The molecule has 25 heavy (non-hydrogen) atoms. The van der Waals surface area contributed by atoms with Gasteiger partial charge in [-0.25, -0.2) is 4.99 Å². The summed E-state index contributed by atoms with van der Waals surface area (Å²) in [7, 11) is 1.55. The molecular weight excluding hydrogens is 360 g/mol. The minimum Gasteiger partial charge on any atom is -0.495 e. The van der Waals surface area contributed by atoms with Gasteiger partial charge in [-0.05, 0) is 41.6 Å². The Morgan fingerprint density at radius 3 is 3.08 bits per heavy atom. The van der Waals surface area contributed by atoms with Crippen molar-refractivity contribution in [3.05, 3.63) is 45.1 Å². The van der Waals surface area contributed by atoms with Crippen LogP contribution in [0.3, 0.4) is 0 Å². The van der Waals surface area contributed by atoms with Crippen LogP contribution in [0.5, 0.6) is 5.75 Å². The molecule has 0 spiro atoms. The maximum Gasteiger partial charge on any atom is 0.244 e. The number of fused-ring (bicyclic) bond motifs is 1. The molecule has 6 nitrogen and oxygen atoms in total. The SMILES string of the molecule is COc1ccc(NC(N)=NCC(=O)N2CCc3sccc3C2)cc1Cl. The van der Waals surface area contributed by atoms with Crippen molar-refractivity contribution in [2.75, 3.05) is 25.5 Å². The molecule has 0 bridgehead atoms. The molecule has 1 amide bonds. The van der Waals surface area contributed by atoms with Crippen LogP contribution in [0.25, 0.3) is 0 Å². The van der Waals surface area contributed by atoms with Gasteiger partial charge in [-0.2, -0.15) is 0 Å². The topological polar surface area (TPSA) is 80.0 Å². The number of nitrogens with one attached hydrogen (secondary N) is 1. The summed E-state index contributed by atoms with van der Waals surface area (Å²) in [6.45, 7) is 1.39. The van der Waals surface area contributed by atoms with E-state index in [0.717, 1.165) is 13.0 Å². The summed E-state index contributed by atoms with van der Waals surface area (Å²) < 4.78 is 5.10. The van der Waals surface area contributed by atoms with Crippen LogP contribution in [0.2, 0.25) is 5.02 Å². The second-order valence-electron chi connectivity index (χ2n) is 5.61. The van der Waals surface area contributed by atoms with E-state index in [1.807, 2.05) is 4.90 Å². The number of ether oxygens (including phenoxy) is 1. The summed E-state index contributed by atoms with van der Waals surface area (Å²) in [5.74, 6) is 0.716. The normalized spacial score (nSPS) is 14.2. The Kier molecular flexibility index (Phi) is 5.45. The van der Waals surface area contributed by atoms with E-state index in [4.69, 9.17) is 22.1 Å². The van der Waals surface area contributed by atoms with Crippen molar-refractivity contribution < 1.29 is 9.53 Å². The van der Waals surface area contributed by atoms with Gasteiger partial charge in [0.1, 0.15) is 12.3 Å². The number of aliphatic imine (C=N–C) groups is 1. The second kappa shape index (κ2) is 7.76. The van der Waals surface area contributed by atoms with E-state index in [9.17, 15) is 4.79 Å². The molecule has 0 saturated heterocycles. The van der Waals surface area contributed by atoms with Crippen molar-refractivity contribution >= 4 is 40.5 Å². The summed E-state index contributed by atoms with van der Waals surface area (Å²) in [4.78, 5) is 19.6. The predicted molar refractivity (Wildman–Crippen MR) is 102 cm³/mol. The predicted octanol–water partition coefficient (Wildman–Crippen LogP) is 2.72. The van der Waals surface area contributed by atoms with Gasteiger partial charge in [0, 0.05) is 23.7 Å². The van der Waals surface area contributed by atoms with Gasteiger partial charge in [0.2, 0.25) is 5.91 Å². The Bertz CT molecular complexity index is 806. The summed E-state index contributed by atoms with van der Waals surface area (Å²) >= 11 is 7.82. The molecule has 132 valence electrons. The van der Waals surface area contributed by atoms with Crippen LogP contribution in [-0.4, -0.2) is 37.0 Å². The minimum absolute atomic E-state index is 0.0161. The number of carbonyl (C=O) groups is 1. The van der Waals surface area contributed by atoms with Gasteiger partial charge in [0.15, 0.2) is 5.96 Å². The van der Waals surface area contributed by atoms with Gasteiger partial charge in [-0.15, -0.1) is 11.3 Å². The van der Waals surface area contributed by atoms with Crippen LogP contribution >= 0.6 is 22.9 Å². The molecule has 0 aliphatic carbocycles. The number of benzene rings is 1. The molecule has 1 aromatic carbocycles. The third-order valence-electron chi connectivity index (χ3n) is 3.97. The van der Waals surface area contributed by atoms with Gasteiger partial charge in [-0.3, -0.25) is 4.79 Å². The summed E-state index contributed by atoms with van der Waals surface area (Å²) in [6, 6.07) is 7.27.